The Kier molecular flexibility index (Phi) is 7.23. The molecule has 0 N–H and O–H groups in total. The highest BCUT2D eigenvalue weighted by molar-refractivity contribution is 5.51. The van der Waals surface area contributed by atoms with Gasteiger partial charge >= 0.3 is 0 Å². The summed E-state index contributed by atoms with van der Waals surface area (Å²) in [6, 6.07) is 0. The highest BCUT2D eigenvalue weighted by atomic mass is 16.5. The Morgan fingerprint density at radius 3 is 2.00 bits per heavy atom. The molecule has 0 fully saturated rings. The van der Waals surface area contributed by atoms with E-state index in [1.54, 1.807) is 0 Å². The molecule has 0 bridgehead atoms. The van der Waals surface area contributed by atoms with Crippen LogP contribution in [0.3, 0.4) is 0 Å². The zero-order valence-electron chi connectivity index (χ0n) is 11.3. The van der Waals surface area contributed by atoms with E-state index in [-0.39, 0.29) is 5.60 Å². The number of hydrogen-bond donors (Lipinski definition) is 0. The number of hydrogen-bond acceptors (Lipinski definition) is 4. The SMILES string of the molecule is CC(C)(CC=O)OCCC(C)(C)OCCC=O. The number of aldehydes is 2. The highest BCUT2D eigenvalue weighted by Crippen LogP contribution is 2.18. The summed E-state index contributed by atoms with van der Waals surface area (Å²) in [5.41, 5.74) is -0.721. The molecule has 0 aliphatic heterocycles. The largest absolute Gasteiger partial charge is 0.375 e. The van der Waals surface area contributed by atoms with Gasteiger partial charge in [0.15, 0.2) is 0 Å². The molecule has 17 heavy (non-hydrogen) atoms. The fourth-order valence-electron chi connectivity index (χ4n) is 1.29. The smallest absolute Gasteiger partial charge is 0.122 e. The van der Waals surface area contributed by atoms with Crippen molar-refractivity contribution in [3.05, 3.63) is 0 Å². The minimum Gasteiger partial charge on any atom is -0.375 e. The van der Waals surface area contributed by atoms with E-state index >= 15 is 0 Å². The molecular weight excluding hydrogens is 220 g/mol. The van der Waals surface area contributed by atoms with Gasteiger partial charge in [0.2, 0.25) is 0 Å². The Labute approximate surface area is 104 Å². The lowest BCUT2D eigenvalue weighted by Gasteiger charge is -2.28. The predicted molar refractivity (Wildman–Crippen MR) is 66.0 cm³/mol. The molecule has 0 aromatic rings. The van der Waals surface area contributed by atoms with Crippen LogP contribution in [0, 0.1) is 0 Å². The van der Waals surface area contributed by atoms with Crippen LogP contribution in [0.25, 0.3) is 0 Å². The van der Waals surface area contributed by atoms with Crippen LogP contribution < -0.4 is 0 Å². The summed E-state index contributed by atoms with van der Waals surface area (Å²) in [5, 5.41) is 0. The van der Waals surface area contributed by atoms with Gasteiger partial charge in [-0.1, -0.05) is 0 Å². The van der Waals surface area contributed by atoms with E-state index in [9.17, 15) is 9.59 Å². The average molecular weight is 244 g/mol. The van der Waals surface area contributed by atoms with Crippen molar-refractivity contribution in [3.63, 3.8) is 0 Å². The topological polar surface area (TPSA) is 52.6 Å². The van der Waals surface area contributed by atoms with Crippen LogP contribution in [0.5, 0.6) is 0 Å². The van der Waals surface area contributed by atoms with Crippen LogP contribution in [0.1, 0.15) is 47.0 Å². The van der Waals surface area contributed by atoms with E-state index in [1.807, 2.05) is 27.7 Å². The molecule has 0 amide bonds. The van der Waals surface area contributed by atoms with Gasteiger partial charge in [-0.15, -0.1) is 0 Å². The van der Waals surface area contributed by atoms with E-state index in [4.69, 9.17) is 9.47 Å². The van der Waals surface area contributed by atoms with Crippen molar-refractivity contribution in [2.24, 2.45) is 0 Å². The normalized spacial score (nSPS) is 12.5. The predicted octanol–water partition coefficient (Wildman–Crippen LogP) is 2.14. The molecule has 0 aromatic heterocycles. The van der Waals surface area contributed by atoms with Gasteiger partial charge in [0, 0.05) is 12.8 Å². The van der Waals surface area contributed by atoms with E-state index in [0.29, 0.717) is 26.1 Å². The first-order chi connectivity index (χ1) is 7.83. The molecule has 0 aliphatic rings. The van der Waals surface area contributed by atoms with Crippen molar-refractivity contribution >= 4 is 12.6 Å². The number of carbonyl (C=O) groups excluding carboxylic acids is 2. The summed E-state index contributed by atoms with van der Waals surface area (Å²) < 4.78 is 11.2. The molecule has 0 aromatic carbocycles. The van der Waals surface area contributed by atoms with Crippen molar-refractivity contribution in [3.8, 4) is 0 Å². The molecule has 4 heteroatoms. The molecule has 0 saturated heterocycles. The van der Waals surface area contributed by atoms with E-state index in [0.717, 1.165) is 19.0 Å². The molecule has 0 aliphatic carbocycles. The summed E-state index contributed by atoms with van der Waals surface area (Å²) in [7, 11) is 0. The van der Waals surface area contributed by atoms with Gasteiger partial charge in [0.1, 0.15) is 12.6 Å². The van der Waals surface area contributed by atoms with Crippen molar-refractivity contribution in [1.82, 2.24) is 0 Å². The fraction of sp³-hybridized carbons (Fsp3) is 0.846. The Balaban J connectivity index is 3.84. The summed E-state index contributed by atoms with van der Waals surface area (Å²) in [5.74, 6) is 0. The third-order valence-corrected chi connectivity index (χ3v) is 2.50. The Morgan fingerprint density at radius 2 is 1.47 bits per heavy atom. The maximum atomic E-state index is 10.4. The maximum Gasteiger partial charge on any atom is 0.122 e. The van der Waals surface area contributed by atoms with Gasteiger partial charge in [-0.2, -0.15) is 0 Å². The van der Waals surface area contributed by atoms with Gasteiger partial charge in [-0.05, 0) is 34.1 Å². The third-order valence-electron chi connectivity index (χ3n) is 2.50. The summed E-state index contributed by atoms with van der Waals surface area (Å²) in [4.78, 5) is 20.6. The van der Waals surface area contributed by atoms with Crippen LogP contribution in [0.4, 0.5) is 0 Å². The van der Waals surface area contributed by atoms with Gasteiger partial charge in [0.05, 0.1) is 24.4 Å². The zero-order valence-corrected chi connectivity index (χ0v) is 11.3. The fourth-order valence-corrected chi connectivity index (χ4v) is 1.29. The first kappa shape index (κ1) is 16.3. The van der Waals surface area contributed by atoms with Crippen LogP contribution in [0.15, 0.2) is 0 Å². The second-order valence-electron chi connectivity index (χ2n) is 5.29. The van der Waals surface area contributed by atoms with Crippen LogP contribution in [-0.4, -0.2) is 37.0 Å². The van der Waals surface area contributed by atoms with Crippen LogP contribution in [-0.2, 0) is 19.1 Å². The first-order valence-electron chi connectivity index (χ1n) is 5.98. The standard InChI is InChI=1S/C13H24O4/c1-12(2,6-9-15)17-11-7-13(3,4)16-10-5-8-14/h8-9H,5-7,10-11H2,1-4H3. The molecule has 0 unspecified atom stereocenters. The minimum absolute atomic E-state index is 0.305. The van der Waals surface area contributed by atoms with Gasteiger partial charge in [-0.3, -0.25) is 0 Å². The zero-order chi connectivity index (χ0) is 13.4. The lowest BCUT2D eigenvalue weighted by molar-refractivity contribution is -0.115. The average Bonchev–Trinajstić information content (AvgIpc) is 2.16. The second-order valence-corrected chi connectivity index (χ2v) is 5.29. The Morgan fingerprint density at radius 1 is 0.882 bits per heavy atom. The van der Waals surface area contributed by atoms with E-state index < -0.39 is 5.60 Å². The highest BCUT2D eigenvalue weighted by Gasteiger charge is 2.22. The Bertz CT molecular complexity index is 234. The van der Waals surface area contributed by atoms with Gasteiger partial charge < -0.3 is 19.1 Å². The lowest BCUT2D eigenvalue weighted by atomic mass is 10.0. The summed E-state index contributed by atoms with van der Waals surface area (Å²) in [6.45, 7) is 8.69. The van der Waals surface area contributed by atoms with Crippen molar-refractivity contribution in [2.45, 2.75) is 58.2 Å². The molecule has 4 nitrogen and oxygen atoms in total. The molecule has 0 heterocycles. The summed E-state index contributed by atoms with van der Waals surface area (Å²) in [6.07, 6.45) is 3.25. The van der Waals surface area contributed by atoms with Crippen LogP contribution in [0.2, 0.25) is 0 Å². The number of rotatable bonds is 10. The molecule has 0 atom stereocenters. The molecule has 100 valence electrons. The minimum atomic E-state index is -0.416. The number of carbonyl (C=O) groups is 2. The van der Waals surface area contributed by atoms with Crippen molar-refractivity contribution in [1.29, 1.82) is 0 Å². The lowest BCUT2D eigenvalue weighted by Crippen LogP contribution is -2.31. The Hall–Kier alpha value is -0.740. The summed E-state index contributed by atoms with van der Waals surface area (Å²) >= 11 is 0. The molecule has 0 radical (unpaired) electrons. The maximum absolute atomic E-state index is 10.4. The third kappa shape index (κ3) is 9.01. The van der Waals surface area contributed by atoms with E-state index in [1.165, 1.54) is 0 Å². The quantitative estimate of drug-likeness (QED) is 0.436. The van der Waals surface area contributed by atoms with Gasteiger partial charge in [0.25, 0.3) is 0 Å². The van der Waals surface area contributed by atoms with Crippen molar-refractivity contribution in [2.75, 3.05) is 13.2 Å². The first-order valence-corrected chi connectivity index (χ1v) is 5.98. The van der Waals surface area contributed by atoms with Gasteiger partial charge in [-0.25, -0.2) is 0 Å². The number of ether oxygens (including phenoxy) is 2. The second kappa shape index (κ2) is 7.56. The molecule has 0 rings (SSSR count). The van der Waals surface area contributed by atoms with Crippen molar-refractivity contribution < 1.29 is 19.1 Å². The molecule has 0 spiro atoms. The monoisotopic (exact) mass is 244 g/mol. The molecule has 0 saturated carbocycles. The van der Waals surface area contributed by atoms with Crippen LogP contribution >= 0.6 is 0 Å². The molecular formula is C13H24O4. The van der Waals surface area contributed by atoms with E-state index in [2.05, 4.69) is 0 Å².